The molecular formula is C24H42N6O2. The van der Waals surface area contributed by atoms with Crippen molar-refractivity contribution in [3.63, 3.8) is 0 Å². The molecule has 8 nitrogen and oxygen atoms in total. The van der Waals surface area contributed by atoms with Gasteiger partial charge in [-0.3, -0.25) is 9.89 Å². The molecule has 1 aromatic carbocycles. The summed E-state index contributed by atoms with van der Waals surface area (Å²) in [6.07, 6.45) is 2.42. The Morgan fingerprint density at radius 2 is 1.66 bits per heavy atom. The monoisotopic (exact) mass is 446 g/mol. The van der Waals surface area contributed by atoms with Crippen molar-refractivity contribution in [1.82, 2.24) is 24.9 Å². The zero-order valence-electron chi connectivity index (χ0n) is 20.5. The highest BCUT2D eigenvalue weighted by Gasteiger charge is 2.21. The first kappa shape index (κ1) is 24.6. The van der Waals surface area contributed by atoms with Gasteiger partial charge in [-0.15, -0.1) is 0 Å². The van der Waals surface area contributed by atoms with Gasteiger partial charge in [0.2, 0.25) is 0 Å². The number of unbranched alkanes of at least 4 members (excludes halogenated alkanes) is 1. The van der Waals surface area contributed by atoms with Gasteiger partial charge in [-0.05, 0) is 44.6 Å². The summed E-state index contributed by atoms with van der Waals surface area (Å²) in [5, 5.41) is 3.58. The number of nitrogens with zero attached hydrogens (tertiary/aromatic N) is 5. The molecule has 3 rings (SSSR count). The first-order chi connectivity index (χ1) is 15.6. The molecule has 0 spiro atoms. The van der Waals surface area contributed by atoms with Crippen LogP contribution < -0.4 is 14.8 Å². The van der Waals surface area contributed by atoms with Gasteiger partial charge in [-0.1, -0.05) is 0 Å². The quantitative estimate of drug-likeness (QED) is 0.350. The number of nitrogens with one attached hydrogen (secondary N) is 1. The zero-order chi connectivity index (χ0) is 22.8. The van der Waals surface area contributed by atoms with Crippen molar-refractivity contribution in [2.24, 2.45) is 4.99 Å². The van der Waals surface area contributed by atoms with Crippen LogP contribution in [0.3, 0.4) is 0 Å². The highest BCUT2D eigenvalue weighted by atomic mass is 16.5. The Hall–Kier alpha value is -2.03. The average molecular weight is 447 g/mol. The summed E-state index contributed by atoms with van der Waals surface area (Å²) in [5.74, 6) is 2.82. The van der Waals surface area contributed by atoms with Crippen molar-refractivity contribution >= 4 is 5.96 Å². The van der Waals surface area contributed by atoms with E-state index >= 15 is 0 Å². The number of hydrogen-bond acceptors (Lipinski definition) is 6. The summed E-state index contributed by atoms with van der Waals surface area (Å²) in [5.41, 5.74) is 1.17. The molecular weight excluding hydrogens is 404 g/mol. The van der Waals surface area contributed by atoms with Gasteiger partial charge in [0.1, 0.15) is 11.5 Å². The lowest BCUT2D eigenvalue weighted by molar-refractivity contribution is 0.152. The Balaban J connectivity index is 1.36. The van der Waals surface area contributed by atoms with Crippen molar-refractivity contribution < 1.29 is 9.47 Å². The third-order valence-corrected chi connectivity index (χ3v) is 6.55. The highest BCUT2D eigenvalue weighted by molar-refractivity contribution is 5.79. The predicted octanol–water partition coefficient (Wildman–Crippen LogP) is 1.42. The molecule has 0 bridgehead atoms. The standard InChI is InChI=1S/C24H42N6O2/c1-25-24(26-9-5-6-10-28-13-11-27(2)12-14-28)30-17-15-29(16-18-30)20-21-19-22(31-3)7-8-23(21)32-4/h7-8,19H,5-6,9-18,20H2,1-4H3,(H,25,26). The van der Waals surface area contributed by atoms with Crippen LogP contribution in [0.1, 0.15) is 18.4 Å². The van der Waals surface area contributed by atoms with Crippen LogP contribution >= 0.6 is 0 Å². The van der Waals surface area contributed by atoms with E-state index in [4.69, 9.17) is 9.47 Å². The fourth-order valence-electron chi connectivity index (χ4n) is 4.43. The van der Waals surface area contributed by atoms with Gasteiger partial charge in [0, 0.05) is 78.1 Å². The Bertz CT molecular complexity index is 712. The fraction of sp³-hybridized carbons (Fsp3) is 0.708. The number of piperazine rings is 2. The molecule has 2 aliphatic heterocycles. The van der Waals surface area contributed by atoms with E-state index < -0.39 is 0 Å². The van der Waals surface area contributed by atoms with Crippen molar-refractivity contribution in [2.45, 2.75) is 19.4 Å². The molecule has 32 heavy (non-hydrogen) atoms. The van der Waals surface area contributed by atoms with Gasteiger partial charge in [0.25, 0.3) is 0 Å². The Labute approximate surface area is 194 Å². The molecule has 2 heterocycles. The van der Waals surface area contributed by atoms with E-state index in [0.29, 0.717) is 0 Å². The highest BCUT2D eigenvalue weighted by Crippen LogP contribution is 2.25. The average Bonchev–Trinajstić information content (AvgIpc) is 2.83. The summed E-state index contributed by atoms with van der Waals surface area (Å²) in [6.45, 7) is 11.8. The first-order valence-electron chi connectivity index (χ1n) is 11.9. The van der Waals surface area contributed by atoms with E-state index in [1.54, 1.807) is 14.2 Å². The van der Waals surface area contributed by atoms with Crippen LogP contribution in [0, 0.1) is 0 Å². The molecule has 180 valence electrons. The molecule has 1 aromatic rings. The van der Waals surface area contributed by atoms with Gasteiger partial charge in [0.15, 0.2) is 5.96 Å². The lowest BCUT2D eigenvalue weighted by Crippen LogP contribution is -2.52. The summed E-state index contributed by atoms with van der Waals surface area (Å²) < 4.78 is 10.9. The minimum absolute atomic E-state index is 0.868. The van der Waals surface area contributed by atoms with Crippen LogP contribution in [0.15, 0.2) is 23.2 Å². The largest absolute Gasteiger partial charge is 0.497 e. The molecule has 2 saturated heterocycles. The normalized spacial score (nSPS) is 19.2. The molecule has 1 N–H and O–H groups in total. The van der Waals surface area contributed by atoms with Crippen LogP contribution in [0.25, 0.3) is 0 Å². The van der Waals surface area contributed by atoms with Crippen LogP contribution in [0.5, 0.6) is 11.5 Å². The van der Waals surface area contributed by atoms with Gasteiger partial charge >= 0.3 is 0 Å². The van der Waals surface area contributed by atoms with Crippen LogP contribution in [-0.4, -0.2) is 119 Å². The van der Waals surface area contributed by atoms with E-state index in [1.165, 1.54) is 51.1 Å². The second-order valence-corrected chi connectivity index (χ2v) is 8.77. The molecule has 0 atom stereocenters. The molecule has 8 heteroatoms. The molecule has 2 fully saturated rings. The topological polar surface area (TPSA) is 55.8 Å². The number of guanidine groups is 1. The number of aliphatic imine (C=N–C) groups is 1. The summed E-state index contributed by atoms with van der Waals surface area (Å²) >= 11 is 0. The molecule has 0 aliphatic carbocycles. The van der Waals surface area contributed by atoms with Crippen molar-refractivity contribution in [3.05, 3.63) is 23.8 Å². The van der Waals surface area contributed by atoms with Gasteiger partial charge in [-0.25, -0.2) is 0 Å². The van der Waals surface area contributed by atoms with Gasteiger partial charge in [-0.2, -0.15) is 0 Å². The smallest absolute Gasteiger partial charge is 0.193 e. The lowest BCUT2D eigenvalue weighted by atomic mass is 10.1. The van der Waals surface area contributed by atoms with Crippen LogP contribution in [-0.2, 0) is 6.54 Å². The summed E-state index contributed by atoms with van der Waals surface area (Å²) in [7, 11) is 7.53. The minimum atomic E-state index is 0.868. The first-order valence-corrected chi connectivity index (χ1v) is 11.9. The number of ether oxygens (including phenoxy) is 2. The Kier molecular flexibility index (Phi) is 9.89. The van der Waals surface area contributed by atoms with E-state index in [1.807, 2.05) is 19.2 Å². The number of hydrogen-bond donors (Lipinski definition) is 1. The van der Waals surface area contributed by atoms with E-state index in [0.717, 1.165) is 56.7 Å². The summed E-state index contributed by atoms with van der Waals surface area (Å²) in [6, 6.07) is 6.01. The Morgan fingerprint density at radius 3 is 2.31 bits per heavy atom. The minimum Gasteiger partial charge on any atom is -0.497 e. The maximum Gasteiger partial charge on any atom is 0.193 e. The number of benzene rings is 1. The van der Waals surface area contributed by atoms with Gasteiger partial charge < -0.3 is 29.5 Å². The maximum absolute atomic E-state index is 5.54. The fourth-order valence-corrected chi connectivity index (χ4v) is 4.43. The van der Waals surface area contributed by atoms with Crippen molar-refractivity contribution in [1.29, 1.82) is 0 Å². The second-order valence-electron chi connectivity index (χ2n) is 8.77. The number of likely N-dealkylation sites (N-methyl/N-ethyl adjacent to an activating group) is 1. The number of rotatable bonds is 9. The Morgan fingerprint density at radius 1 is 0.938 bits per heavy atom. The molecule has 0 unspecified atom stereocenters. The third-order valence-electron chi connectivity index (χ3n) is 6.55. The van der Waals surface area contributed by atoms with E-state index in [9.17, 15) is 0 Å². The van der Waals surface area contributed by atoms with E-state index in [-0.39, 0.29) is 0 Å². The van der Waals surface area contributed by atoms with E-state index in [2.05, 4.69) is 43.0 Å². The van der Waals surface area contributed by atoms with Crippen LogP contribution in [0.4, 0.5) is 0 Å². The zero-order valence-corrected chi connectivity index (χ0v) is 20.5. The molecule has 0 radical (unpaired) electrons. The molecule has 0 amide bonds. The SMILES string of the molecule is CN=C(NCCCCN1CCN(C)CC1)N1CCN(Cc2cc(OC)ccc2OC)CC1. The summed E-state index contributed by atoms with van der Waals surface area (Å²) in [4.78, 5) is 14.4. The molecule has 2 aliphatic rings. The van der Waals surface area contributed by atoms with Gasteiger partial charge in [0.05, 0.1) is 14.2 Å². The number of methoxy groups -OCH3 is 2. The molecule has 0 saturated carbocycles. The maximum atomic E-state index is 5.54. The lowest BCUT2D eigenvalue weighted by Gasteiger charge is -2.36. The van der Waals surface area contributed by atoms with Crippen LogP contribution in [0.2, 0.25) is 0 Å². The predicted molar refractivity (Wildman–Crippen MR) is 131 cm³/mol. The third kappa shape index (κ3) is 7.25. The van der Waals surface area contributed by atoms with Crippen molar-refractivity contribution in [3.8, 4) is 11.5 Å². The second kappa shape index (κ2) is 12.9. The van der Waals surface area contributed by atoms with Crippen molar-refractivity contribution in [2.75, 3.05) is 93.8 Å². The molecule has 0 aromatic heterocycles.